The normalized spacial score (nSPS) is 14.2. The number of fused-ring (bicyclic) bond motifs is 4. The van der Waals surface area contributed by atoms with Gasteiger partial charge in [0.1, 0.15) is 23.7 Å². The maximum absolute atomic E-state index is 14.2. The van der Waals surface area contributed by atoms with Crippen molar-refractivity contribution in [2.45, 2.75) is 12.5 Å². The molecule has 10 nitrogen and oxygen atoms in total. The summed E-state index contributed by atoms with van der Waals surface area (Å²) in [5, 5.41) is 1.47. The van der Waals surface area contributed by atoms with Gasteiger partial charge in [-0.05, 0) is 29.3 Å². The van der Waals surface area contributed by atoms with Crippen LogP contribution < -0.4 is 23.8 Å². The molecule has 222 valence electrons. The van der Waals surface area contributed by atoms with Crippen molar-refractivity contribution < 1.29 is 33.3 Å². The second kappa shape index (κ2) is 11.4. The summed E-state index contributed by atoms with van der Waals surface area (Å²) >= 11 is 6.48. The van der Waals surface area contributed by atoms with E-state index in [4.69, 9.17) is 35.3 Å². The number of nitrogens with one attached hydrogen (secondary N) is 2. The third-order valence-corrected chi connectivity index (χ3v) is 8.10. The number of hydrogen-bond donors (Lipinski definition) is 2. The van der Waals surface area contributed by atoms with Crippen LogP contribution in [0.5, 0.6) is 23.0 Å². The summed E-state index contributed by atoms with van der Waals surface area (Å²) in [5.41, 5.74) is 4.35. The Labute approximate surface area is 252 Å². The van der Waals surface area contributed by atoms with Crippen LogP contribution in [-0.2, 0) is 11.3 Å². The number of halogens is 1. The fourth-order valence-corrected chi connectivity index (χ4v) is 5.98. The Kier molecular flexibility index (Phi) is 7.53. The minimum atomic E-state index is -0.509. The zero-order chi connectivity index (χ0) is 30.2. The first kappa shape index (κ1) is 28.3. The quantitative estimate of drug-likeness (QED) is 0.156. The maximum atomic E-state index is 14.2. The van der Waals surface area contributed by atoms with Crippen molar-refractivity contribution in [3.8, 4) is 23.0 Å². The number of methoxy groups -OCH3 is 4. The van der Waals surface area contributed by atoms with Gasteiger partial charge in [-0.1, -0.05) is 30.3 Å². The first-order valence-corrected chi connectivity index (χ1v) is 14.1. The van der Waals surface area contributed by atoms with Gasteiger partial charge in [0.25, 0.3) is 5.91 Å². The summed E-state index contributed by atoms with van der Waals surface area (Å²) in [6.07, 6.45) is 0. The van der Waals surface area contributed by atoms with Crippen molar-refractivity contribution in [1.82, 2.24) is 9.97 Å². The van der Waals surface area contributed by atoms with Crippen LogP contribution in [-0.4, -0.2) is 62.7 Å². The molecule has 1 aliphatic rings. The number of ether oxygens (including phenoxy) is 5. The van der Waals surface area contributed by atoms with E-state index in [0.717, 1.165) is 21.9 Å². The number of H-pyrrole nitrogens is 2. The molecular formula is C32H30ClN3O7. The largest absolute Gasteiger partial charge is 0.493 e. The Balaban J connectivity index is 1.47. The number of nitrogens with zero attached hydrogens (tertiary/aromatic N) is 1. The summed E-state index contributed by atoms with van der Waals surface area (Å²) in [6, 6.07) is 16.8. The number of anilines is 1. The van der Waals surface area contributed by atoms with Crippen LogP contribution >= 0.6 is 11.6 Å². The first-order valence-electron chi connectivity index (χ1n) is 13.6. The predicted octanol–water partition coefficient (Wildman–Crippen LogP) is 6.02. The molecule has 0 aliphatic carbocycles. The number of carbonyl (C=O) groups excluding carboxylic acids is 2. The molecule has 6 rings (SSSR count). The van der Waals surface area contributed by atoms with Crippen molar-refractivity contribution in [2.75, 3.05) is 45.8 Å². The van der Waals surface area contributed by atoms with Gasteiger partial charge in [0.05, 0.1) is 45.2 Å². The van der Waals surface area contributed by atoms with Gasteiger partial charge < -0.3 is 38.6 Å². The minimum Gasteiger partial charge on any atom is -0.493 e. The van der Waals surface area contributed by atoms with Crippen LogP contribution in [0, 0.1) is 0 Å². The Morgan fingerprint density at radius 3 is 2.30 bits per heavy atom. The van der Waals surface area contributed by atoms with Crippen LogP contribution in [0.25, 0.3) is 21.8 Å². The number of rotatable bonds is 9. The number of aromatic amines is 2. The summed E-state index contributed by atoms with van der Waals surface area (Å²) in [7, 11) is 5.93. The van der Waals surface area contributed by atoms with E-state index in [-0.39, 0.29) is 23.4 Å². The highest BCUT2D eigenvalue weighted by atomic mass is 35.5. The maximum Gasteiger partial charge on any atom is 0.354 e. The molecule has 3 aromatic carbocycles. The van der Waals surface area contributed by atoms with E-state index >= 15 is 0 Å². The second-order valence-electron chi connectivity index (χ2n) is 10.1. The molecule has 0 radical (unpaired) electrons. The lowest BCUT2D eigenvalue weighted by Gasteiger charge is -2.18. The second-order valence-corrected chi connectivity index (χ2v) is 10.4. The standard InChI is InChI=1S/C32H30ClN3O7/c1-39-25-11-18-10-21(34-27(18)30(41-3)29(25)40-2)31(37)36-15-19(14-33)26-20-12-22(32(38)42-4)35-28(20)24(13-23(26)36)43-16-17-8-6-5-7-9-17/h5-13,19,34-35H,14-16H2,1-4H3. The van der Waals surface area contributed by atoms with Crippen LogP contribution in [0.2, 0.25) is 0 Å². The third-order valence-electron chi connectivity index (χ3n) is 7.72. The van der Waals surface area contributed by atoms with Gasteiger partial charge in [-0.2, -0.15) is 0 Å². The van der Waals surface area contributed by atoms with Gasteiger partial charge in [0, 0.05) is 35.2 Å². The summed E-state index contributed by atoms with van der Waals surface area (Å²) in [5.74, 6) is 1.13. The number of benzene rings is 3. The van der Waals surface area contributed by atoms with Crippen LogP contribution in [0.4, 0.5) is 5.69 Å². The van der Waals surface area contributed by atoms with Gasteiger partial charge in [0.15, 0.2) is 11.5 Å². The third kappa shape index (κ3) is 4.77. The van der Waals surface area contributed by atoms with Crippen LogP contribution in [0.1, 0.15) is 38.0 Å². The number of aromatic nitrogens is 2. The lowest BCUT2D eigenvalue weighted by atomic mass is 9.98. The Bertz CT molecular complexity index is 1850. The smallest absolute Gasteiger partial charge is 0.354 e. The minimum absolute atomic E-state index is 0.188. The molecule has 5 aromatic rings. The molecule has 0 spiro atoms. The Hall–Kier alpha value is -4.83. The lowest BCUT2D eigenvalue weighted by Crippen LogP contribution is -2.30. The fraction of sp³-hybridized carbons (Fsp3) is 0.250. The van der Waals surface area contributed by atoms with Gasteiger partial charge in [-0.25, -0.2) is 4.79 Å². The number of amides is 1. The number of carbonyl (C=O) groups is 2. The summed E-state index contributed by atoms with van der Waals surface area (Å²) < 4.78 is 27.9. The average Bonchev–Trinajstić information content (AvgIpc) is 3.77. The van der Waals surface area contributed by atoms with E-state index < -0.39 is 5.97 Å². The predicted molar refractivity (Wildman–Crippen MR) is 164 cm³/mol. The highest BCUT2D eigenvalue weighted by Crippen LogP contribution is 2.47. The highest BCUT2D eigenvalue weighted by molar-refractivity contribution is 6.19. The van der Waals surface area contributed by atoms with Crippen LogP contribution in [0.15, 0.2) is 54.6 Å². The number of alkyl halides is 1. The molecule has 0 saturated heterocycles. The molecule has 1 atom stereocenters. The SMILES string of the molecule is COC(=O)c1cc2c3c(cc(OCc4ccccc4)c2[nH]1)N(C(=O)c1cc2cc(OC)c(OC)c(OC)c2[nH]1)CC3CCl. The van der Waals surface area contributed by atoms with Crippen molar-refractivity contribution in [2.24, 2.45) is 0 Å². The molecule has 3 heterocycles. The summed E-state index contributed by atoms with van der Waals surface area (Å²) in [6.45, 7) is 0.631. The van der Waals surface area contributed by atoms with E-state index in [1.165, 1.54) is 21.3 Å². The molecule has 0 fully saturated rings. The first-order chi connectivity index (χ1) is 20.9. The molecule has 1 amide bonds. The lowest BCUT2D eigenvalue weighted by molar-refractivity contribution is 0.0595. The molecule has 0 bridgehead atoms. The van der Waals surface area contributed by atoms with Crippen molar-refractivity contribution in [3.63, 3.8) is 0 Å². The number of hydrogen-bond acceptors (Lipinski definition) is 7. The van der Waals surface area contributed by atoms with E-state index in [1.807, 2.05) is 36.4 Å². The monoisotopic (exact) mass is 603 g/mol. The molecule has 2 aromatic heterocycles. The zero-order valence-corrected chi connectivity index (χ0v) is 24.8. The Morgan fingerprint density at radius 2 is 1.63 bits per heavy atom. The van der Waals surface area contributed by atoms with Gasteiger partial charge in [-0.3, -0.25) is 4.79 Å². The fourth-order valence-electron chi connectivity index (χ4n) is 5.73. The van der Waals surface area contributed by atoms with Gasteiger partial charge in [0.2, 0.25) is 5.75 Å². The van der Waals surface area contributed by atoms with E-state index in [2.05, 4.69) is 9.97 Å². The van der Waals surface area contributed by atoms with E-state index in [9.17, 15) is 9.59 Å². The average molecular weight is 604 g/mol. The molecule has 1 aliphatic heterocycles. The number of esters is 1. The van der Waals surface area contributed by atoms with Crippen molar-refractivity contribution >= 4 is 51.0 Å². The topological polar surface area (TPSA) is 115 Å². The molecule has 0 saturated carbocycles. The summed E-state index contributed by atoms with van der Waals surface area (Å²) in [4.78, 5) is 34.7. The van der Waals surface area contributed by atoms with E-state index in [0.29, 0.717) is 58.6 Å². The molecular weight excluding hydrogens is 574 g/mol. The van der Waals surface area contributed by atoms with Crippen molar-refractivity contribution in [1.29, 1.82) is 0 Å². The highest BCUT2D eigenvalue weighted by Gasteiger charge is 2.37. The van der Waals surface area contributed by atoms with Gasteiger partial charge >= 0.3 is 5.97 Å². The Morgan fingerprint density at radius 1 is 0.884 bits per heavy atom. The zero-order valence-electron chi connectivity index (χ0n) is 24.1. The molecule has 2 N–H and O–H groups in total. The molecule has 43 heavy (non-hydrogen) atoms. The van der Waals surface area contributed by atoms with Crippen molar-refractivity contribution in [3.05, 3.63) is 77.1 Å². The van der Waals surface area contributed by atoms with Gasteiger partial charge in [-0.15, -0.1) is 11.6 Å². The molecule has 1 unspecified atom stereocenters. The molecule has 11 heteroatoms. The van der Waals surface area contributed by atoms with Crippen LogP contribution in [0.3, 0.4) is 0 Å². The van der Waals surface area contributed by atoms with E-state index in [1.54, 1.807) is 30.2 Å².